The molecule has 0 saturated heterocycles. The fourth-order valence-electron chi connectivity index (χ4n) is 1.91. The summed E-state index contributed by atoms with van der Waals surface area (Å²) in [5, 5.41) is 4.99. The smallest absolute Gasteiger partial charge is 0.0983 e. The Morgan fingerprint density at radius 1 is 0.609 bits per heavy atom. The Kier molecular flexibility index (Phi) is 7.37. The second-order valence-electron chi connectivity index (χ2n) is 11.0. The third-order valence-electron chi connectivity index (χ3n) is 5.85. The molecule has 0 aliphatic heterocycles. The molecule has 3 nitrogen and oxygen atoms in total. The van der Waals surface area contributed by atoms with E-state index in [1.807, 2.05) is 20.8 Å². The van der Waals surface area contributed by atoms with E-state index in [2.05, 4.69) is 62.3 Å². The highest BCUT2D eigenvalue weighted by Crippen LogP contribution is 2.48. The van der Waals surface area contributed by atoms with Gasteiger partial charge in [-0.1, -0.05) is 67.4 Å². The van der Waals surface area contributed by atoms with E-state index in [0.29, 0.717) is 6.61 Å². The zero-order valence-corrected chi connectivity index (χ0v) is 17.8. The van der Waals surface area contributed by atoms with Crippen LogP contribution in [0.1, 0.15) is 95.9 Å². The van der Waals surface area contributed by atoms with E-state index < -0.39 is 0 Å². The Hall–Kier alpha value is -0.120. The first-order chi connectivity index (χ1) is 9.91. The molecule has 0 aromatic carbocycles. The first-order valence-electron chi connectivity index (χ1n) is 8.89. The molecule has 0 fully saturated rings. The van der Waals surface area contributed by atoms with Gasteiger partial charge in [0, 0.05) is 0 Å². The Morgan fingerprint density at radius 2 is 1.09 bits per heavy atom. The van der Waals surface area contributed by atoms with Gasteiger partial charge >= 0.3 is 0 Å². The highest BCUT2D eigenvalue weighted by molar-refractivity contribution is 4.90. The maximum Gasteiger partial charge on any atom is 0.0983 e. The van der Waals surface area contributed by atoms with E-state index in [4.69, 9.17) is 14.8 Å². The van der Waals surface area contributed by atoms with Crippen molar-refractivity contribution in [2.45, 2.75) is 102 Å². The van der Waals surface area contributed by atoms with E-state index in [1.165, 1.54) is 0 Å². The Balaban J connectivity index is 4.82. The fourth-order valence-corrected chi connectivity index (χ4v) is 1.91. The minimum Gasteiger partial charge on any atom is -0.206 e. The summed E-state index contributed by atoms with van der Waals surface area (Å²) >= 11 is 0. The predicted molar refractivity (Wildman–Crippen MR) is 97.9 cm³/mol. The van der Waals surface area contributed by atoms with E-state index >= 15 is 0 Å². The molecule has 0 spiro atoms. The number of hydrogen-bond donors (Lipinski definition) is 0. The summed E-state index contributed by atoms with van der Waals surface area (Å²) in [6, 6.07) is 0. The molecule has 0 bridgehead atoms. The first-order valence-corrected chi connectivity index (χ1v) is 8.89. The Labute approximate surface area is 145 Å². The third-order valence-corrected chi connectivity index (χ3v) is 5.85. The topological polar surface area (TPSA) is 27.7 Å². The average molecular weight is 331 g/mol. The second kappa shape index (κ2) is 7.41. The number of rotatable bonds is 7. The van der Waals surface area contributed by atoms with Crippen molar-refractivity contribution < 1.29 is 14.8 Å². The van der Waals surface area contributed by atoms with Crippen molar-refractivity contribution in [2.75, 3.05) is 6.61 Å². The maximum atomic E-state index is 5.43. The minimum absolute atomic E-state index is 0.0107. The number of hydrogen-bond acceptors (Lipinski definition) is 3. The largest absolute Gasteiger partial charge is 0.206 e. The van der Waals surface area contributed by atoms with E-state index in [-0.39, 0.29) is 27.3 Å². The van der Waals surface area contributed by atoms with Crippen molar-refractivity contribution in [1.82, 2.24) is 0 Å². The van der Waals surface area contributed by atoms with Gasteiger partial charge in [0.25, 0.3) is 0 Å². The molecule has 0 aromatic heterocycles. The van der Waals surface area contributed by atoms with Crippen LogP contribution in [-0.4, -0.2) is 12.2 Å². The van der Waals surface area contributed by atoms with Gasteiger partial charge in [0.1, 0.15) is 0 Å². The molecule has 0 saturated carbocycles. The zero-order valence-electron chi connectivity index (χ0n) is 17.8. The van der Waals surface area contributed by atoms with Crippen LogP contribution in [0, 0.1) is 21.7 Å². The summed E-state index contributed by atoms with van der Waals surface area (Å²) in [5.74, 6) is 0. The molecule has 1 unspecified atom stereocenters. The predicted octanol–water partition coefficient (Wildman–Crippen LogP) is 6.57. The standard InChI is InChI=1S/C20H42O3/c1-16(2,3)19(10,11)13-14-20(12,17(4,5)6)15-21-23-22-18(7,8)9/h13-15H2,1-12H3. The fraction of sp³-hybridized carbons (Fsp3) is 1.00. The minimum atomic E-state index is -0.369. The molecule has 140 valence electrons. The summed E-state index contributed by atoms with van der Waals surface area (Å²) < 4.78 is 0. The van der Waals surface area contributed by atoms with Crippen LogP contribution in [0.15, 0.2) is 0 Å². The summed E-state index contributed by atoms with van der Waals surface area (Å²) in [6.07, 6.45) is 2.23. The van der Waals surface area contributed by atoms with Crippen LogP contribution in [0.25, 0.3) is 0 Å². The van der Waals surface area contributed by atoms with Crippen molar-refractivity contribution >= 4 is 0 Å². The normalized spacial score (nSPS) is 17.2. The lowest BCUT2D eigenvalue weighted by Crippen LogP contribution is -2.40. The van der Waals surface area contributed by atoms with Crippen molar-refractivity contribution in [3.63, 3.8) is 0 Å². The summed E-state index contributed by atoms with van der Waals surface area (Å²) in [5.41, 5.74) is 0.302. The molecular formula is C20H42O3. The van der Waals surface area contributed by atoms with Crippen LogP contribution in [-0.2, 0) is 14.8 Å². The summed E-state index contributed by atoms with van der Waals surface area (Å²) in [7, 11) is 0. The van der Waals surface area contributed by atoms with Crippen LogP contribution in [0.2, 0.25) is 0 Å². The van der Waals surface area contributed by atoms with Crippen LogP contribution >= 0.6 is 0 Å². The molecule has 0 aliphatic rings. The monoisotopic (exact) mass is 330 g/mol. The molecule has 0 heterocycles. The van der Waals surface area contributed by atoms with E-state index in [1.54, 1.807) is 0 Å². The molecule has 0 radical (unpaired) electrons. The van der Waals surface area contributed by atoms with Gasteiger partial charge in [0.05, 0.1) is 12.2 Å². The zero-order chi connectivity index (χ0) is 18.7. The lowest BCUT2D eigenvalue weighted by atomic mass is 9.60. The van der Waals surface area contributed by atoms with E-state index in [0.717, 1.165) is 12.8 Å². The molecule has 23 heavy (non-hydrogen) atoms. The SMILES string of the molecule is CC(C)(C)OOOCC(C)(CCC(C)(C)C(C)(C)C)C(C)(C)C. The van der Waals surface area contributed by atoms with Crippen molar-refractivity contribution in [3.8, 4) is 0 Å². The molecule has 0 rings (SSSR count). The molecule has 0 amide bonds. The van der Waals surface area contributed by atoms with Crippen LogP contribution < -0.4 is 0 Å². The lowest BCUT2D eigenvalue weighted by molar-refractivity contribution is -0.544. The summed E-state index contributed by atoms with van der Waals surface area (Å²) in [4.78, 5) is 10.6. The molecule has 0 aliphatic carbocycles. The Bertz CT molecular complexity index is 353. The quantitative estimate of drug-likeness (QED) is 0.300. The third kappa shape index (κ3) is 7.53. The highest BCUT2D eigenvalue weighted by Gasteiger charge is 2.41. The first kappa shape index (κ1) is 22.9. The van der Waals surface area contributed by atoms with Gasteiger partial charge < -0.3 is 0 Å². The van der Waals surface area contributed by atoms with Crippen LogP contribution in [0.5, 0.6) is 0 Å². The van der Waals surface area contributed by atoms with Gasteiger partial charge in [0.2, 0.25) is 0 Å². The van der Waals surface area contributed by atoms with Crippen LogP contribution in [0.4, 0.5) is 0 Å². The molecule has 0 aromatic rings. The molecule has 0 N–H and O–H groups in total. The van der Waals surface area contributed by atoms with Crippen LogP contribution in [0.3, 0.4) is 0 Å². The van der Waals surface area contributed by atoms with Crippen molar-refractivity contribution in [3.05, 3.63) is 0 Å². The van der Waals surface area contributed by atoms with Crippen molar-refractivity contribution in [1.29, 1.82) is 0 Å². The van der Waals surface area contributed by atoms with Crippen molar-refractivity contribution in [2.24, 2.45) is 21.7 Å². The van der Waals surface area contributed by atoms with Gasteiger partial charge in [0.15, 0.2) is 0 Å². The molecular weight excluding hydrogens is 288 g/mol. The van der Waals surface area contributed by atoms with Gasteiger partial charge in [-0.25, -0.2) is 9.78 Å². The van der Waals surface area contributed by atoms with Gasteiger partial charge in [-0.2, -0.15) is 0 Å². The van der Waals surface area contributed by atoms with Gasteiger partial charge in [-0.15, -0.1) is 0 Å². The second-order valence-corrected chi connectivity index (χ2v) is 11.0. The Morgan fingerprint density at radius 3 is 1.43 bits per heavy atom. The van der Waals surface area contributed by atoms with Gasteiger partial charge in [-0.05, 0) is 55.3 Å². The highest BCUT2D eigenvalue weighted by atomic mass is 17.5. The lowest BCUT2D eigenvalue weighted by Gasteiger charge is -2.46. The molecule has 1 atom stereocenters. The summed E-state index contributed by atoms with van der Waals surface area (Å²) in [6.45, 7) is 27.1. The van der Waals surface area contributed by atoms with E-state index in [9.17, 15) is 0 Å². The van der Waals surface area contributed by atoms with Gasteiger partial charge in [-0.3, -0.25) is 0 Å². The average Bonchev–Trinajstić information content (AvgIpc) is 2.28. The molecule has 3 heteroatoms. The maximum absolute atomic E-state index is 5.43.